The summed E-state index contributed by atoms with van der Waals surface area (Å²) >= 11 is 0. The van der Waals surface area contributed by atoms with E-state index in [4.69, 9.17) is 0 Å². The van der Waals surface area contributed by atoms with E-state index in [0.717, 1.165) is 12.0 Å². The summed E-state index contributed by atoms with van der Waals surface area (Å²) in [5.74, 6) is 0.776. The highest BCUT2D eigenvalue weighted by Crippen LogP contribution is 2.56. The molecule has 0 amide bonds. The predicted molar refractivity (Wildman–Crippen MR) is 122 cm³/mol. The Bertz CT molecular complexity index is 776. The molecule has 0 aromatic heterocycles. The quantitative estimate of drug-likeness (QED) is 0.615. The summed E-state index contributed by atoms with van der Waals surface area (Å²) in [6.45, 7) is 16.6. The average Bonchev–Trinajstić information content (AvgIpc) is 3.30. The lowest BCUT2D eigenvalue weighted by atomic mass is 9.76. The maximum Gasteiger partial charge on any atom is 0.0249 e. The second kappa shape index (κ2) is 7.15. The summed E-state index contributed by atoms with van der Waals surface area (Å²) < 4.78 is 0. The topological polar surface area (TPSA) is 6.48 Å². The molecule has 4 aliphatic rings. The molecule has 1 spiro atoms. The van der Waals surface area contributed by atoms with E-state index in [1.807, 2.05) is 0 Å². The van der Waals surface area contributed by atoms with Crippen LogP contribution in [0, 0.1) is 17.8 Å². The minimum atomic E-state index is 0.453. The highest BCUT2D eigenvalue weighted by Gasteiger charge is 2.53. The van der Waals surface area contributed by atoms with Gasteiger partial charge in [0.05, 0.1) is 0 Å². The van der Waals surface area contributed by atoms with Crippen LogP contribution in [0.1, 0.15) is 81.4 Å². The number of allylic oxidation sites excluding steroid dienone is 1. The van der Waals surface area contributed by atoms with Crippen LogP contribution < -0.4 is 0 Å². The third-order valence-corrected chi connectivity index (χ3v) is 8.98. The number of hydrogen-bond acceptors (Lipinski definition) is 2. The maximum atomic E-state index is 4.45. The van der Waals surface area contributed by atoms with Crippen LogP contribution in [-0.2, 0) is 6.42 Å². The van der Waals surface area contributed by atoms with Crippen LogP contribution in [0.3, 0.4) is 0 Å². The molecule has 29 heavy (non-hydrogen) atoms. The first-order valence-corrected chi connectivity index (χ1v) is 12.2. The molecule has 2 heterocycles. The number of benzene rings is 1. The third-order valence-electron chi connectivity index (χ3n) is 8.98. The fourth-order valence-electron chi connectivity index (χ4n) is 6.58. The molecule has 2 heteroatoms. The maximum absolute atomic E-state index is 4.45. The van der Waals surface area contributed by atoms with Gasteiger partial charge in [-0.2, -0.15) is 0 Å². The summed E-state index contributed by atoms with van der Waals surface area (Å²) in [6, 6.07) is 7.97. The molecule has 1 atom stereocenters. The lowest BCUT2D eigenvalue weighted by Gasteiger charge is -2.52. The van der Waals surface area contributed by atoms with Crippen LogP contribution in [0.15, 0.2) is 30.5 Å². The van der Waals surface area contributed by atoms with E-state index >= 15 is 0 Å². The molecular formula is C27H40N2. The van der Waals surface area contributed by atoms with Crippen molar-refractivity contribution in [2.75, 3.05) is 26.2 Å². The Hall–Kier alpha value is -1.28. The van der Waals surface area contributed by atoms with Crippen molar-refractivity contribution < 1.29 is 0 Å². The Kier molecular flexibility index (Phi) is 4.85. The van der Waals surface area contributed by atoms with Gasteiger partial charge in [-0.05, 0) is 88.4 Å². The normalized spacial score (nSPS) is 28.5. The second-order valence-corrected chi connectivity index (χ2v) is 11.1. The molecule has 1 unspecified atom stereocenters. The lowest BCUT2D eigenvalue weighted by Crippen LogP contribution is -2.55. The number of nitrogens with zero attached hydrogens (tertiary/aromatic N) is 2. The van der Waals surface area contributed by atoms with Crippen LogP contribution in [0.2, 0.25) is 0 Å². The standard InChI is InChI=1S/C27H40N2/c1-5-22-7-6-20(2)16-25(22)23-9-14-28(15-10-23)24-8-11-27(17-24)18-29(19-27)21(3)26(4)12-13-26/h6-7,16,23-24H,3,5,8-15,17-19H2,1-2,4H3. The van der Waals surface area contributed by atoms with Crippen LogP contribution >= 0.6 is 0 Å². The number of piperidine rings is 1. The average molecular weight is 393 g/mol. The van der Waals surface area contributed by atoms with Crippen molar-refractivity contribution in [3.8, 4) is 0 Å². The summed E-state index contributed by atoms with van der Waals surface area (Å²) in [5.41, 5.74) is 7.16. The Balaban J connectivity index is 1.15. The lowest BCUT2D eigenvalue weighted by molar-refractivity contribution is 0.0164. The summed E-state index contributed by atoms with van der Waals surface area (Å²) in [5, 5.41) is 0. The molecule has 0 radical (unpaired) electrons. The zero-order valence-electron chi connectivity index (χ0n) is 19.0. The van der Waals surface area contributed by atoms with Crippen molar-refractivity contribution in [3.05, 3.63) is 47.2 Å². The Labute approximate surface area is 178 Å². The van der Waals surface area contributed by atoms with Crippen molar-refractivity contribution in [1.29, 1.82) is 0 Å². The van der Waals surface area contributed by atoms with Gasteiger partial charge in [-0.15, -0.1) is 0 Å². The van der Waals surface area contributed by atoms with Crippen molar-refractivity contribution in [1.82, 2.24) is 9.80 Å². The molecule has 2 aliphatic carbocycles. The van der Waals surface area contributed by atoms with E-state index in [9.17, 15) is 0 Å². The Morgan fingerprint density at radius 2 is 1.83 bits per heavy atom. The zero-order valence-corrected chi connectivity index (χ0v) is 19.0. The fourth-order valence-corrected chi connectivity index (χ4v) is 6.58. The van der Waals surface area contributed by atoms with E-state index in [1.54, 1.807) is 11.1 Å². The number of aryl methyl sites for hydroxylation is 2. The minimum Gasteiger partial charge on any atom is -0.374 e. The molecule has 158 valence electrons. The SMILES string of the molecule is C=C(N1CC2(CCC(N3CCC(c4cc(C)ccc4CC)CC3)C2)C1)C1(C)CC1. The van der Waals surface area contributed by atoms with Crippen LogP contribution in [0.4, 0.5) is 0 Å². The van der Waals surface area contributed by atoms with Gasteiger partial charge in [0.25, 0.3) is 0 Å². The van der Waals surface area contributed by atoms with Gasteiger partial charge in [-0.25, -0.2) is 0 Å². The van der Waals surface area contributed by atoms with Crippen LogP contribution in [0.5, 0.6) is 0 Å². The molecule has 1 aromatic carbocycles. The summed E-state index contributed by atoms with van der Waals surface area (Å²) in [4.78, 5) is 5.47. The van der Waals surface area contributed by atoms with Crippen molar-refractivity contribution in [2.24, 2.45) is 10.8 Å². The Morgan fingerprint density at radius 3 is 2.48 bits per heavy atom. The second-order valence-electron chi connectivity index (χ2n) is 11.1. The van der Waals surface area contributed by atoms with Crippen molar-refractivity contribution in [3.63, 3.8) is 0 Å². The minimum absolute atomic E-state index is 0.453. The van der Waals surface area contributed by atoms with Gasteiger partial charge < -0.3 is 9.80 Å². The third kappa shape index (κ3) is 3.56. The number of rotatable bonds is 5. The molecular weight excluding hydrogens is 352 g/mol. The zero-order chi connectivity index (χ0) is 20.2. The number of hydrogen-bond donors (Lipinski definition) is 0. The largest absolute Gasteiger partial charge is 0.374 e. The van der Waals surface area contributed by atoms with E-state index in [-0.39, 0.29) is 0 Å². The van der Waals surface area contributed by atoms with Crippen LogP contribution in [0.25, 0.3) is 0 Å². The van der Waals surface area contributed by atoms with E-state index < -0.39 is 0 Å². The van der Waals surface area contributed by atoms with Gasteiger partial charge in [0.1, 0.15) is 0 Å². The molecule has 2 aliphatic heterocycles. The number of likely N-dealkylation sites (tertiary alicyclic amines) is 2. The predicted octanol–water partition coefficient (Wildman–Crippen LogP) is 5.91. The van der Waals surface area contributed by atoms with E-state index in [2.05, 4.69) is 55.3 Å². The van der Waals surface area contributed by atoms with E-state index in [0.29, 0.717) is 10.8 Å². The van der Waals surface area contributed by atoms with Gasteiger partial charge in [-0.3, -0.25) is 0 Å². The van der Waals surface area contributed by atoms with Gasteiger partial charge in [0.2, 0.25) is 0 Å². The first-order valence-electron chi connectivity index (χ1n) is 12.2. The van der Waals surface area contributed by atoms with Gasteiger partial charge in [0, 0.05) is 35.7 Å². The highest BCUT2D eigenvalue weighted by molar-refractivity contribution is 5.34. The van der Waals surface area contributed by atoms with Crippen molar-refractivity contribution in [2.45, 2.75) is 84.1 Å². The molecule has 2 saturated heterocycles. The van der Waals surface area contributed by atoms with Gasteiger partial charge in [0.15, 0.2) is 0 Å². The van der Waals surface area contributed by atoms with Gasteiger partial charge in [-0.1, -0.05) is 44.2 Å². The first-order chi connectivity index (χ1) is 13.9. The molecule has 5 rings (SSSR count). The molecule has 1 aromatic rings. The first kappa shape index (κ1) is 19.7. The monoisotopic (exact) mass is 392 g/mol. The molecule has 4 fully saturated rings. The van der Waals surface area contributed by atoms with E-state index in [1.165, 1.54) is 88.8 Å². The summed E-state index contributed by atoms with van der Waals surface area (Å²) in [7, 11) is 0. The van der Waals surface area contributed by atoms with Gasteiger partial charge >= 0.3 is 0 Å². The smallest absolute Gasteiger partial charge is 0.0249 e. The molecule has 0 N–H and O–H groups in total. The molecule has 2 saturated carbocycles. The van der Waals surface area contributed by atoms with Crippen LogP contribution in [-0.4, -0.2) is 42.0 Å². The van der Waals surface area contributed by atoms with Crippen molar-refractivity contribution >= 4 is 0 Å². The summed E-state index contributed by atoms with van der Waals surface area (Å²) in [6.07, 6.45) is 10.9. The Morgan fingerprint density at radius 1 is 1.10 bits per heavy atom. The molecule has 0 bridgehead atoms. The molecule has 2 nitrogen and oxygen atoms in total. The highest BCUT2D eigenvalue weighted by atomic mass is 15.2. The fraction of sp³-hybridized carbons (Fsp3) is 0.704.